The summed E-state index contributed by atoms with van der Waals surface area (Å²) >= 11 is 0. The largest absolute Gasteiger partial charge is 0.494 e. The number of benzene rings is 6. The lowest BCUT2D eigenvalue weighted by molar-refractivity contribution is 0.0939. The van der Waals surface area contributed by atoms with Crippen LogP contribution in [0.4, 0.5) is 0 Å². The molecule has 0 amide bonds. The molecule has 23 rings (SSSR count). The Morgan fingerprint density at radius 2 is 0.783 bits per heavy atom. The van der Waals surface area contributed by atoms with Crippen LogP contribution in [-0.2, 0) is 69.3 Å². The second-order valence-electron chi connectivity index (χ2n) is 39.8. The number of Topliss-reactive ketones (excluding diaryl/α,β-unsaturated/α-hetero) is 1. The molecule has 26 heteroatoms. The predicted octanol–water partition coefficient (Wildman–Crippen LogP) is 20.9. The van der Waals surface area contributed by atoms with E-state index in [1.165, 1.54) is 200 Å². The maximum Gasteiger partial charge on any atom is 0.184 e. The molecule has 17 heterocycles. The van der Waals surface area contributed by atoms with E-state index in [1.54, 1.807) is 10.9 Å². The molecule has 5 aliphatic rings. The molecule has 26 nitrogen and oxygen atoms in total. The normalized spacial score (nSPS) is 15.4. The van der Waals surface area contributed by atoms with E-state index in [0.29, 0.717) is 18.4 Å². The molecule has 0 spiro atoms. The van der Waals surface area contributed by atoms with Gasteiger partial charge < -0.3 is 34.1 Å². The van der Waals surface area contributed by atoms with Crippen LogP contribution in [-0.4, -0.2) is 216 Å². The third-order valence-corrected chi connectivity index (χ3v) is 28.4. The first-order valence-corrected chi connectivity index (χ1v) is 52.6. The molecular weight excluding hydrogens is 1780 g/mol. The van der Waals surface area contributed by atoms with E-state index >= 15 is 0 Å². The molecule has 5 fully saturated rings. The Kier molecular flexibility index (Phi) is 32.4. The van der Waals surface area contributed by atoms with Gasteiger partial charge >= 0.3 is 0 Å². The Hall–Kier alpha value is -13.8. The number of hydrogen-bond acceptors (Lipinski definition) is 18. The van der Waals surface area contributed by atoms with Gasteiger partial charge in [0, 0.05) is 104 Å². The summed E-state index contributed by atoms with van der Waals surface area (Å²) in [6.07, 6.45) is 41.8. The zero-order valence-electron chi connectivity index (χ0n) is 83.1. The number of nitrogens with zero attached hydrogens (tertiary/aromatic N) is 22. The van der Waals surface area contributed by atoms with Gasteiger partial charge in [0.05, 0.1) is 60.6 Å². The predicted molar refractivity (Wildman–Crippen MR) is 566 cm³/mol. The number of nitrogens with one attached hydrogen (secondary N) is 1. The van der Waals surface area contributed by atoms with Gasteiger partial charge in [-0.25, -0.2) is 38.0 Å². The molecule has 6 aromatic carbocycles. The lowest BCUT2D eigenvalue weighted by Gasteiger charge is -2.26. The number of carbonyl (C=O) groups excluding carboxylic acids is 1. The number of pyridine rings is 4. The minimum Gasteiger partial charge on any atom is -0.494 e. The Labute approximate surface area is 838 Å². The van der Waals surface area contributed by atoms with Gasteiger partial charge in [-0.1, -0.05) is 172 Å². The van der Waals surface area contributed by atoms with E-state index in [9.17, 15) is 4.79 Å². The molecule has 143 heavy (non-hydrogen) atoms. The number of ether oxygens (including phenoxy) is 2. The molecule has 1 atom stereocenters. The molecule has 1 unspecified atom stereocenters. The number of fused-ring (bicyclic) bond motifs is 5. The molecule has 12 aromatic heterocycles. The molecule has 0 radical (unpaired) electrons. The molecule has 18 aromatic rings. The fourth-order valence-electron chi connectivity index (χ4n) is 20.6. The summed E-state index contributed by atoms with van der Waals surface area (Å²) in [4.78, 5) is 45.4. The molecule has 736 valence electrons. The van der Waals surface area contributed by atoms with Gasteiger partial charge in [-0.15, -0.1) is 0 Å². The monoisotopic (exact) mass is 1910 g/mol. The first kappa shape index (κ1) is 96.7. The fraction of sp³-hybridized carbons (Fsp3) is 0.385. The summed E-state index contributed by atoms with van der Waals surface area (Å²) in [6, 6.07) is 77.4. The van der Waals surface area contributed by atoms with Crippen molar-refractivity contribution in [1.29, 1.82) is 0 Å². The first-order chi connectivity index (χ1) is 70.5. The summed E-state index contributed by atoms with van der Waals surface area (Å²) in [5.74, 6) is 4.97. The van der Waals surface area contributed by atoms with Crippen molar-refractivity contribution >= 4 is 39.3 Å². The van der Waals surface area contributed by atoms with Crippen molar-refractivity contribution in [3.05, 3.63) is 336 Å². The summed E-state index contributed by atoms with van der Waals surface area (Å²) in [7, 11) is 0. The Morgan fingerprint density at radius 1 is 0.385 bits per heavy atom. The second kappa shape index (κ2) is 47.9. The van der Waals surface area contributed by atoms with E-state index < -0.39 is 0 Å². The highest BCUT2D eigenvalue weighted by atomic mass is 16.5. The number of carbonyl (C=O) groups is 1. The van der Waals surface area contributed by atoms with Gasteiger partial charge in [-0.3, -0.25) is 18.8 Å². The number of ketones is 1. The van der Waals surface area contributed by atoms with Crippen LogP contribution in [0.25, 0.3) is 78.5 Å². The van der Waals surface area contributed by atoms with Gasteiger partial charge in [0.25, 0.3) is 0 Å². The number of aromatic amines is 1. The average molecular weight is 1910 g/mol. The smallest absolute Gasteiger partial charge is 0.184 e. The minimum absolute atomic E-state index is 0.0270. The highest BCUT2D eigenvalue weighted by molar-refractivity contribution is 5.96. The summed E-state index contributed by atoms with van der Waals surface area (Å²) in [5.41, 5.74) is 22.4. The Bertz CT molecular complexity index is 7070. The highest BCUT2D eigenvalue weighted by Gasteiger charge is 2.23. The summed E-state index contributed by atoms with van der Waals surface area (Å²) < 4.78 is 25.1. The number of aryl methyl sites for hydroxylation is 4. The quantitative estimate of drug-likeness (QED) is 0.0279. The van der Waals surface area contributed by atoms with Gasteiger partial charge in [0.2, 0.25) is 0 Å². The van der Waals surface area contributed by atoms with E-state index in [0.717, 1.165) is 199 Å². The van der Waals surface area contributed by atoms with Gasteiger partial charge in [-0.2, -0.15) is 35.7 Å². The third-order valence-electron chi connectivity index (χ3n) is 28.4. The molecular formula is C117H135N23O3. The van der Waals surface area contributed by atoms with Crippen molar-refractivity contribution in [3.8, 4) is 50.8 Å². The number of likely N-dealkylation sites (tertiary alicyclic amines) is 4. The standard InChI is InChI=1S/C31H32N6O.C29H38N6.C29H31N5O.C28H34N6O/c38-29(26-9-2-1-3-10-26)23-36-22-27(21-32-36)28-11-6-12-31-33-30(34-37(28)31)20-25-15-13-24(14-16-25)8-7-19-35-17-4-5-18-35;1-23(2)8-6-19-34-22-26(21-30-34)27-10-5-11-29-31-28(32-35(27)29)20-25-14-12-24(13-15-25)9-7-18-33-16-3-4-17-33;1-2-16-33(17-3-1)18-5-19-35-25-12-8-22(9-13-25)20-28-31-29-7-4-6-27(34(29)32-28)24-11-10-23-14-15-30-26(23)21-24;1-2-15-32(14-1)16-4-6-22-10-12-23(13-11-22)18-27-30-28-9-3-8-26(34(28)31-27)24-19-29-33(20-24)21-25-7-5-17-35-25/h1-3,6,9-16,21-22H,4-5,7-8,17-20,23H2;5,10-15,21-23H,3-4,6-9,16-20H2,1-2H3;4,6-15,21,30H,1-3,5,16-20H2;3,8-13,19-20,25H,1-2,4-7,14-18,21H2. The number of aromatic nitrogens is 19. The van der Waals surface area contributed by atoms with Crippen LogP contribution in [0.2, 0.25) is 0 Å². The van der Waals surface area contributed by atoms with Crippen molar-refractivity contribution in [2.24, 2.45) is 5.92 Å². The van der Waals surface area contributed by atoms with Crippen molar-refractivity contribution in [1.82, 2.24) is 112 Å². The van der Waals surface area contributed by atoms with E-state index in [1.807, 2.05) is 131 Å². The Balaban J connectivity index is 0.000000117. The van der Waals surface area contributed by atoms with Crippen LogP contribution in [0.1, 0.15) is 196 Å². The zero-order chi connectivity index (χ0) is 96.7. The van der Waals surface area contributed by atoms with Crippen molar-refractivity contribution in [3.63, 3.8) is 0 Å². The van der Waals surface area contributed by atoms with E-state index in [4.69, 9.17) is 49.8 Å². The van der Waals surface area contributed by atoms with Crippen LogP contribution in [0.15, 0.2) is 268 Å². The summed E-state index contributed by atoms with van der Waals surface area (Å²) in [6.45, 7) is 23.1. The molecule has 1 N–H and O–H groups in total. The average Bonchev–Trinajstić information content (AvgIpc) is 1.66. The van der Waals surface area contributed by atoms with Crippen LogP contribution in [0, 0.1) is 5.92 Å². The van der Waals surface area contributed by atoms with Crippen molar-refractivity contribution in [2.75, 3.05) is 91.8 Å². The molecule has 0 bridgehead atoms. The van der Waals surface area contributed by atoms with Gasteiger partial charge in [-0.05, 0) is 317 Å². The maximum atomic E-state index is 12.6. The second-order valence-corrected chi connectivity index (χ2v) is 39.8. The van der Waals surface area contributed by atoms with E-state index in [-0.39, 0.29) is 18.4 Å². The number of H-pyrrole nitrogens is 1. The van der Waals surface area contributed by atoms with Crippen molar-refractivity contribution < 1.29 is 14.3 Å². The summed E-state index contributed by atoms with van der Waals surface area (Å²) in [5, 5.41) is 34.1. The first-order valence-electron chi connectivity index (χ1n) is 52.6. The highest BCUT2D eigenvalue weighted by Crippen LogP contribution is 2.31. The minimum atomic E-state index is 0.0270. The Morgan fingerprint density at radius 3 is 1.22 bits per heavy atom. The molecule has 0 saturated carbocycles. The van der Waals surface area contributed by atoms with Gasteiger partial charge in [0.1, 0.15) is 12.3 Å². The third kappa shape index (κ3) is 26.2. The maximum absolute atomic E-state index is 12.6. The number of hydrogen-bond donors (Lipinski definition) is 1. The topological polar surface area (TPSA) is 238 Å². The molecule has 5 saturated heterocycles. The van der Waals surface area contributed by atoms with Crippen LogP contribution in [0.5, 0.6) is 5.75 Å². The fourth-order valence-corrected chi connectivity index (χ4v) is 20.6. The van der Waals surface area contributed by atoms with Crippen LogP contribution >= 0.6 is 0 Å². The van der Waals surface area contributed by atoms with Crippen LogP contribution in [0.3, 0.4) is 0 Å². The lowest BCUT2D eigenvalue weighted by atomic mass is 10.1. The van der Waals surface area contributed by atoms with Crippen molar-refractivity contribution in [2.45, 2.75) is 194 Å². The number of rotatable bonds is 38. The SMILES string of the molecule is CC(C)CCCn1cc(-c2cccc3nc(Cc4ccc(CCCN5CCCC5)cc4)nn23)cn1.O=C(Cn1cc(-c2cccc3nc(Cc4ccc(CCCN5CCCC5)cc4)nn23)cn1)c1ccccc1.c1cc(-c2ccc3cc[nH]c3c2)n2nc(Cc3ccc(OCCCN4CCCCC4)cc3)nc2c1.c1cc(-c2cnn(CC3CCCO3)c2)n2nc(Cc3ccc(CCCN4CCCC4)cc3)nc2c1. The number of piperidine rings is 1. The molecule has 5 aliphatic heterocycles. The van der Waals surface area contributed by atoms with E-state index in [2.05, 4.69) is 212 Å². The van der Waals surface area contributed by atoms with Crippen LogP contribution < -0.4 is 4.74 Å². The lowest BCUT2D eigenvalue weighted by Crippen LogP contribution is -2.31. The molecule has 0 aliphatic carbocycles. The van der Waals surface area contributed by atoms with Gasteiger partial charge in [0.15, 0.2) is 51.7 Å². The zero-order valence-corrected chi connectivity index (χ0v) is 83.1.